The second kappa shape index (κ2) is 5.54. The van der Waals surface area contributed by atoms with E-state index in [0.717, 1.165) is 22.3 Å². The fourth-order valence-electron chi connectivity index (χ4n) is 4.98. The maximum atomic E-state index is 13.1. The number of aliphatic hydroxyl groups is 1. The monoisotopic (exact) mass is 362 g/mol. The Balaban J connectivity index is 1.92. The fourth-order valence-corrected chi connectivity index (χ4v) is 4.98. The van der Waals surface area contributed by atoms with Crippen LogP contribution in [0.3, 0.4) is 0 Å². The molecule has 1 aromatic carbocycles. The summed E-state index contributed by atoms with van der Waals surface area (Å²) >= 11 is 0. The predicted octanol–water partition coefficient (Wildman–Crippen LogP) is 3.42. The number of fused-ring (bicyclic) bond motifs is 5. The molecule has 0 amide bonds. The van der Waals surface area contributed by atoms with Crippen molar-refractivity contribution >= 4 is 17.1 Å². The second-order valence-electron chi connectivity index (χ2n) is 7.34. The smallest absolute Gasteiger partial charge is 0.196 e. The maximum absolute atomic E-state index is 13.1. The molecule has 2 unspecified atom stereocenters. The zero-order valence-corrected chi connectivity index (χ0v) is 14.8. The molecule has 1 aromatic rings. The number of phenols is 1. The number of carbonyl (C=O) groups excluding carboxylic acids is 2. The number of aromatic hydroxyl groups is 1. The quantitative estimate of drug-likeness (QED) is 0.800. The lowest BCUT2D eigenvalue weighted by Gasteiger charge is -2.41. The van der Waals surface area contributed by atoms with E-state index in [0.29, 0.717) is 30.4 Å². The summed E-state index contributed by atoms with van der Waals surface area (Å²) < 4.78 is 5.60. The van der Waals surface area contributed by atoms with Crippen molar-refractivity contribution in [3.05, 3.63) is 69.5 Å². The molecule has 136 valence electrons. The van der Waals surface area contributed by atoms with Gasteiger partial charge in [-0.1, -0.05) is 23.8 Å². The number of allylic oxidation sites excluding steroid dienone is 5. The van der Waals surface area contributed by atoms with Crippen LogP contribution in [0.1, 0.15) is 35.2 Å². The highest BCUT2D eigenvalue weighted by Crippen LogP contribution is 2.54. The van der Waals surface area contributed by atoms with Gasteiger partial charge >= 0.3 is 0 Å². The van der Waals surface area contributed by atoms with E-state index in [1.54, 1.807) is 18.2 Å². The van der Waals surface area contributed by atoms with Gasteiger partial charge in [-0.25, -0.2) is 0 Å². The fraction of sp³-hybridized carbons (Fsp3) is 0.273. The third kappa shape index (κ3) is 2.03. The topological polar surface area (TPSA) is 83.8 Å². The Morgan fingerprint density at radius 1 is 1.07 bits per heavy atom. The summed E-state index contributed by atoms with van der Waals surface area (Å²) in [5, 5.41) is 20.8. The molecule has 27 heavy (non-hydrogen) atoms. The first-order chi connectivity index (χ1) is 13.0. The third-order valence-corrected chi connectivity index (χ3v) is 6.07. The summed E-state index contributed by atoms with van der Waals surface area (Å²) in [7, 11) is 1.50. The van der Waals surface area contributed by atoms with Gasteiger partial charge in [0.15, 0.2) is 11.6 Å². The number of hydrogen-bond donors (Lipinski definition) is 2. The summed E-state index contributed by atoms with van der Waals surface area (Å²) in [4.78, 5) is 25.6. The first-order valence-corrected chi connectivity index (χ1v) is 9.02. The zero-order chi connectivity index (χ0) is 18.9. The molecule has 2 N–H and O–H groups in total. The highest BCUT2D eigenvalue weighted by atomic mass is 16.5. The van der Waals surface area contributed by atoms with Crippen LogP contribution in [-0.2, 0) is 9.53 Å². The molecule has 4 aliphatic rings. The molecule has 4 aliphatic carbocycles. The number of rotatable bonds is 1. The van der Waals surface area contributed by atoms with Crippen molar-refractivity contribution in [2.24, 2.45) is 5.92 Å². The van der Waals surface area contributed by atoms with Crippen LogP contribution in [0.5, 0.6) is 5.75 Å². The highest BCUT2D eigenvalue weighted by Gasteiger charge is 2.47. The molecule has 0 aromatic heterocycles. The van der Waals surface area contributed by atoms with Crippen LogP contribution in [0, 0.1) is 5.92 Å². The lowest BCUT2D eigenvalue weighted by molar-refractivity contribution is -0.115. The van der Waals surface area contributed by atoms with Gasteiger partial charge in [-0.3, -0.25) is 9.59 Å². The van der Waals surface area contributed by atoms with Crippen LogP contribution in [-0.4, -0.2) is 35.0 Å². The van der Waals surface area contributed by atoms with Crippen molar-refractivity contribution < 1.29 is 24.5 Å². The number of aliphatic hydroxyl groups excluding tert-OH is 1. The van der Waals surface area contributed by atoms with E-state index in [-0.39, 0.29) is 34.6 Å². The van der Waals surface area contributed by atoms with Crippen LogP contribution in [0.2, 0.25) is 0 Å². The van der Waals surface area contributed by atoms with Gasteiger partial charge in [-0.2, -0.15) is 0 Å². The number of methoxy groups -OCH3 is 1. The first kappa shape index (κ1) is 16.3. The molecule has 2 bridgehead atoms. The van der Waals surface area contributed by atoms with Gasteiger partial charge in [-0.05, 0) is 47.3 Å². The van der Waals surface area contributed by atoms with Crippen LogP contribution in [0.15, 0.2) is 58.4 Å². The van der Waals surface area contributed by atoms with Crippen LogP contribution in [0.4, 0.5) is 0 Å². The van der Waals surface area contributed by atoms with Crippen molar-refractivity contribution in [1.82, 2.24) is 0 Å². The Hall–Kier alpha value is -2.92. The summed E-state index contributed by atoms with van der Waals surface area (Å²) in [6, 6.07) is 5.08. The average Bonchev–Trinajstić information content (AvgIpc) is 2.81. The zero-order valence-electron chi connectivity index (χ0n) is 14.8. The van der Waals surface area contributed by atoms with Crippen molar-refractivity contribution in [2.75, 3.05) is 7.11 Å². The molecule has 0 spiro atoms. The number of phenolic OH excluding ortho intramolecular Hbond substituents is 1. The Bertz CT molecular complexity index is 1050. The maximum Gasteiger partial charge on any atom is 0.196 e. The van der Waals surface area contributed by atoms with Gasteiger partial charge < -0.3 is 14.9 Å². The molecule has 5 heteroatoms. The molecule has 5 nitrogen and oxygen atoms in total. The highest BCUT2D eigenvalue weighted by molar-refractivity contribution is 6.12. The molecule has 0 aliphatic heterocycles. The molecule has 0 radical (unpaired) electrons. The van der Waals surface area contributed by atoms with Gasteiger partial charge in [0, 0.05) is 19.4 Å². The Morgan fingerprint density at radius 2 is 1.89 bits per heavy atom. The number of benzene rings is 1. The van der Waals surface area contributed by atoms with Crippen molar-refractivity contribution in [3.8, 4) is 5.75 Å². The molecule has 0 saturated heterocycles. The van der Waals surface area contributed by atoms with Crippen LogP contribution < -0.4 is 0 Å². The number of ether oxygens (including phenoxy) is 1. The SMILES string of the molecule is COC1C(=O)c2c(O)cccc2C2=C3CCC(=O)C4=C3CC(=CC=C4O)C21. The van der Waals surface area contributed by atoms with Crippen LogP contribution in [0.25, 0.3) is 5.57 Å². The van der Waals surface area contributed by atoms with Crippen LogP contribution >= 0.6 is 0 Å². The Kier molecular flexibility index (Phi) is 3.34. The van der Waals surface area contributed by atoms with Crippen molar-refractivity contribution in [3.63, 3.8) is 0 Å². The summed E-state index contributed by atoms with van der Waals surface area (Å²) in [5.74, 6) is -0.652. The van der Waals surface area contributed by atoms with Gasteiger partial charge in [0.1, 0.15) is 17.6 Å². The van der Waals surface area contributed by atoms with E-state index in [1.807, 2.05) is 6.07 Å². The molecule has 0 fully saturated rings. The Morgan fingerprint density at radius 3 is 2.67 bits per heavy atom. The summed E-state index contributed by atoms with van der Waals surface area (Å²) in [6.07, 6.45) is 4.01. The number of hydrogen-bond acceptors (Lipinski definition) is 5. The normalized spacial score (nSPS) is 26.3. The predicted molar refractivity (Wildman–Crippen MR) is 98.3 cm³/mol. The van der Waals surface area contributed by atoms with E-state index in [2.05, 4.69) is 0 Å². The molecule has 0 heterocycles. The Labute approximate surface area is 156 Å². The molecule has 5 rings (SSSR count). The minimum Gasteiger partial charge on any atom is -0.507 e. The molecular formula is C22H18O5. The average molecular weight is 362 g/mol. The second-order valence-corrected chi connectivity index (χ2v) is 7.34. The summed E-state index contributed by atoms with van der Waals surface area (Å²) in [5.41, 5.74) is 5.08. The lowest BCUT2D eigenvalue weighted by atomic mass is 9.63. The van der Waals surface area contributed by atoms with E-state index < -0.39 is 6.10 Å². The molecule has 0 saturated carbocycles. The first-order valence-electron chi connectivity index (χ1n) is 9.02. The molecule has 2 atom stereocenters. The van der Waals surface area contributed by atoms with E-state index in [4.69, 9.17) is 4.74 Å². The van der Waals surface area contributed by atoms with E-state index >= 15 is 0 Å². The minimum absolute atomic E-state index is 0.0159. The van der Waals surface area contributed by atoms with Gasteiger partial charge in [0.05, 0.1) is 11.1 Å². The van der Waals surface area contributed by atoms with E-state index in [9.17, 15) is 19.8 Å². The summed E-state index contributed by atoms with van der Waals surface area (Å²) in [6.45, 7) is 0. The van der Waals surface area contributed by atoms with Gasteiger partial charge in [0.2, 0.25) is 0 Å². The minimum atomic E-state index is -0.740. The van der Waals surface area contributed by atoms with Gasteiger partial charge in [-0.15, -0.1) is 0 Å². The van der Waals surface area contributed by atoms with E-state index in [1.165, 1.54) is 13.2 Å². The van der Waals surface area contributed by atoms with Crippen molar-refractivity contribution in [1.29, 1.82) is 0 Å². The lowest BCUT2D eigenvalue weighted by Crippen LogP contribution is -2.40. The standard InChI is InChI=1S/C22H18O5/c1-27-22-17-10-5-7-15(24)19-13(9-10)11(6-8-16(19)25)18(17)12-3-2-4-14(23)20(12)21(22)26/h2-5,7,17,22-24H,6,8-9H2,1H3. The number of Topliss-reactive ketones (excluding diaryl/α,β-unsaturated/α-hetero) is 2. The third-order valence-electron chi connectivity index (χ3n) is 6.07. The number of carbonyl (C=O) groups is 2. The molecular weight excluding hydrogens is 344 g/mol. The largest absolute Gasteiger partial charge is 0.507 e. The number of ketones is 2. The van der Waals surface area contributed by atoms with Gasteiger partial charge in [0.25, 0.3) is 0 Å². The van der Waals surface area contributed by atoms with Crippen molar-refractivity contribution in [2.45, 2.75) is 25.4 Å².